The van der Waals surface area contributed by atoms with E-state index >= 15 is 0 Å². The molecule has 0 aliphatic heterocycles. The molecule has 4 nitrogen and oxygen atoms in total. The van der Waals surface area contributed by atoms with Gasteiger partial charge in [0.05, 0.1) is 12.1 Å². The highest BCUT2D eigenvalue weighted by Crippen LogP contribution is 2.26. The predicted octanol–water partition coefficient (Wildman–Crippen LogP) is 1.05. The molecule has 1 rings (SSSR count). The van der Waals surface area contributed by atoms with Crippen LogP contribution in [0.5, 0.6) is 0 Å². The average Bonchev–Trinajstić information content (AvgIpc) is 2.26. The SMILES string of the molecule is CNC(CCOC1CCCCC1C)C(N)=O. The Balaban J connectivity index is 2.20. The lowest BCUT2D eigenvalue weighted by molar-refractivity contribution is -0.120. The molecule has 0 aromatic rings. The minimum atomic E-state index is -0.303. The van der Waals surface area contributed by atoms with Gasteiger partial charge >= 0.3 is 0 Å². The fourth-order valence-corrected chi connectivity index (χ4v) is 2.30. The van der Waals surface area contributed by atoms with Crippen molar-refractivity contribution in [1.29, 1.82) is 0 Å². The number of nitrogens with one attached hydrogen (secondary N) is 1. The average molecular weight is 228 g/mol. The fraction of sp³-hybridized carbons (Fsp3) is 0.917. The summed E-state index contributed by atoms with van der Waals surface area (Å²) in [5.74, 6) is 0.346. The molecule has 1 aliphatic carbocycles. The molecular weight excluding hydrogens is 204 g/mol. The first kappa shape index (κ1) is 13.5. The van der Waals surface area contributed by atoms with Crippen LogP contribution >= 0.6 is 0 Å². The van der Waals surface area contributed by atoms with Crippen molar-refractivity contribution in [3.05, 3.63) is 0 Å². The second-order valence-electron chi connectivity index (χ2n) is 4.70. The maximum atomic E-state index is 11.0. The van der Waals surface area contributed by atoms with Crippen LogP contribution in [0.1, 0.15) is 39.0 Å². The molecule has 0 heterocycles. The Kier molecular flexibility index (Phi) is 5.77. The van der Waals surface area contributed by atoms with Crippen LogP contribution in [0.25, 0.3) is 0 Å². The molecule has 0 radical (unpaired) electrons. The molecule has 1 saturated carbocycles. The van der Waals surface area contributed by atoms with E-state index in [1.54, 1.807) is 7.05 Å². The Morgan fingerprint density at radius 1 is 1.50 bits per heavy atom. The molecule has 0 spiro atoms. The summed E-state index contributed by atoms with van der Waals surface area (Å²) >= 11 is 0. The first-order valence-electron chi connectivity index (χ1n) is 6.23. The molecule has 3 N–H and O–H groups in total. The fourth-order valence-electron chi connectivity index (χ4n) is 2.30. The maximum absolute atomic E-state index is 11.0. The van der Waals surface area contributed by atoms with Crippen molar-refractivity contribution < 1.29 is 9.53 Å². The van der Waals surface area contributed by atoms with E-state index in [0.717, 1.165) is 6.42 Å². The number of carbonyl (C=O) groups is 1. The van der Waals surface area contributed by atoms with Gasteiger partial charge in [0, 0.05) is 6.61 Å². The highest BCUT2D eigenvalue weighted by atomic mass is 16.5. The van der Waals surface area contributed by atoms with Crippen molar-refractivity contribution in [1.82, 2.24) is 5.32 Å². The van der Waals surface area contributed by atoms with Crippen LogP contribution in [0.15, 0.2) is 0 Å². The summed E-state index contributed by atoms with van der Waals surface area (Å²) in [7, 11) is 1.75. The van der Waals surface area contributed by atoms with E-state index in [1.807, 2.05) is 0 Å². The van der Waals surface area contributed by atoms with Crippen LogP contribution in [0, 0.1) is 5.92 Å². The minimum absolute atomic E-state index is 0.265. The lowest BCUT2D eigenvalue weighted by atomic mass is 9.88. The van der Waals surface area contributed by atoms with Gasteiger partial charge in [0.15, 0.2) is 0 Å². The van der Waals surface area contributed by atoms with Crippen LogP contribution in [0.2, 0.25) is 0 Å². The van der Waals surface area contributed by atoms with Crippen LogP contribution in [-0.2, 0) is 9.53 Å². The topological polar surface area (TPSA) is 64.3 Å². The molecule has 1 fully saturated rings. The van der Waals surface area contributed by atoms with E-state index in [9.17, 15) is 4.79 Å². The highest BCUT2D eigenvalue weighted by Gasteiger charge is 2.22. The minimum Gasteiger partial charge on any atom is -0.378 e. The smallest absolute Gasteiger partial charge is 0.234 e. The number of nitrogens with two attached hydrogens (primary N) is 1. The summed E-state index contributed by atoms with van der Waals surface area (Å²) in [6.07, 6.45) is 6.04. The Hall–Kier alpha value is -0.610. The lowest BCUT2D eigenvalue weighted by Gasteiger charge is -2.29. The van der Waals surface area contributed by atoms with Crippen LogP contribution in [0.4, 0.5) is 0 Å². The molecule has 1 aliphatic rings. The van der Waals surface area contributed by atoms with E-state index < -0.39 is 0 Å². The van der Waals surface area contributed by atoms with Gasteiger partial charge in [0.1, 0.15) is 0 Å². The van der Waals surface area contributed by atoms with E-state index in [1.165, 1.54) is 19.3 Å². The van der Waals surface area contributed by atoms with Gasteiger partial charge in [-0.05, 0) is 32.2 Å². The van der Waals surface area contributed by atoms with Crippen molar-refractivity contribution in [2.24, 2.45) is 11.7 Å². The third-order valence-corrected chi connectivity index (χ3v) is 3.46. The van der Waals surface area contributed by atoms with Gasteiger partial charge in [-0.3, -0.25) is 4.79 Å². The molecule has 0 saturated heterocycles. The summed E-state index contributed by atoms with van der Waals surface area (Å²) in [5, 5.41) is 2.90. The van der Waals surface area contributed by atoms with Crippen molar-refractivity contribution in [3.63, 3.8) is 0 Å². The monoisotopic (exact) mass is 228 g/mol. The van der Waals surface area contributed by atoms with E-state index in [0.29, 0.717) is 25.0 Å². The molecule has 0 bridgehead atoms. The molecule has 0 aromatic heterocycles. The van der Waals surface area contributed by atoms with Gasteiger partial charge in [-0.2, -0.15) is 0 Å². The van der Waals surface area contributed by atoms with Crippen LogP contribution in [-0.4, -0.2) is 31.7 Å². The number of likely N-dealkylation sites (N-methyl/N-ethyl adjacent to an activating group) is 1. The number of hydrogen-bond donors (Lipinski definition) is 2. The van der Waals surface area contributed by atoms with Gasteiger partial charge in [0.25, 0.3) is 0 Å². The van der Waals surface area contributed by atoms with Crippen molar-refractivity contribution in [2.75, 3.05) is 13.7 Å². The molecule has 0 aromatic carbocycles. The van der Waals surface area contributed by atoms with Crippen molar-refractivity contribution in [3.8, 4) is 0 Å². The van der Waals surface area contributed by atoms with Crippen molar-refractivity contribution in [2.45, 2.75) is 51.2 Å². The number of amides is 1. The number of primary amides is 1. The third-order valence-electron chi connectivity index (χ3n) is 3.46. The highest BCUT2D eigenvalue weighted by molar-refractivity contribution is 5.79. The van der Waals surface area contributed by atoms with Gasteiger partial charge in [-0.15, -0.1) is 0 Å². The van der Waals surface area contributed by atoms with Crippen molar-refractivity contribution >= 4 is 5.91 Å². The second-order valence-corrected chi connectivity index (χ2v) is 4.70. The zero-order valence-corrected chi connectivity index (χ0v) is 10.4. The molecule has 3 atom stereocenters. The summed E-state index contributed by atoms with van der Waals surface area (Å²) in [6.45, 7) is 2.86. The summed E-state index contributed by atoms with van der Waals surface area (Å²) < 4.78 is 5.83. The normalized spacial score (nSPS) is 27.6. The van der Waals surface area contributed by atoms with Gasteiger partial charge in [0.2, 0.25) is 5.91 Å². The van der Waals surface area contributed by atoms with Crippen LogP contribution in [0.3, 0.4) is 0 Å². The quantitative estimate of drug-likeness (QED) is 0.714. The predicted molar refractivity (Wildman–Crippen MR) is 64.0 cm³/mol. The van der Waals surface area contributed by atoms with Gasteiger partial charge < -0.3 is 15.8 Å². The van der Waals surface area contributed by atoms with E-state index in [4.69, 9.17) is 10.5 Å². The Labute approximate surface area is 97.9 Å². The largest absolute Gasteiger partial charge is 0.378 e. The Morgan fingerprint density at radius 2 is 2.19 bits per heavy atom. The van der Waals surface area contributed by atoms with E-state index in [2.05, 4.69) is 12.2 Å². The van der Waals surface area contributed by atoms with Crippen LogP contribution < -0.4 is 11.1 Å². The zero-order chi connectivity index (χ0) is 12.0. The second kappa shape index (κ2) is 6.86. The van der Waals surface area contributed by atoms with Gasteiger partial charge in [-0.25, -0.2) is 0 Å². The summed E-state index contributed by atoms with van der Waals surface area (Å²) in [4.78, 5) is 11.0. The maximum Gasteiger partial charge on any atom is 0.234 e. The van der Waals surface area contributed by atoms with Gasteiger partial charge in [-0.1, -0.05) is 19.8 Å². The number of carbonyl (C=O) groups excluding carboxylic acids is 1. The number of rotatable bonds is 6. The molecule has 94 valence electrons. The molecule has 1 amide bonds. The third kappa shape index (κ3) is 4.10. The molecular formula is C12H24N2O2. The number of hydrogen-bond acceptors (Lipinski definition) is 3. The standard InChI is InChI=1S/C12H24N2O2/c1-9-5-3-4-6-11(9)16-8-7-10(14-2)12(13)15/h9-11,14H,3-8H2,1-2H3,(H2,13,15). The molecule has 4 heteroatoms. The Morgan fingerprint density at radius 3 is 2.75 bits per heavy atom. The summed E-state index contributed by atoms with van der Waals surface area (Å²) in [5.41, 5.74) is 5.24. The number of ether oxygens (including phenoxy) is 1. The molecule has 3 unspecified atom stereocenters. The zero-order valence-electron chi connectivity index (χ0n) is 10.4. The Bertz CT molecular complexity index is 221. The lowest BCUT2D eigenvalue weighted by Crippen LogP contribution is -2.40. The molecule has 16 heavy (non-hydrogen) atoms. The summed E-state index contributed by atoms with van der Waals surface area (Å²) in [6, 6.07) is -0.265. The first-order chi connectivity index (χ1) is 7.65. The van der Waals surface area contributed by atoms with E-state index in [-0.39, 0.29) is 11.9 Å². The first-order valence-corrected chi connectivity index (χ1v) is 6.23.